The first-order valence-electron chi connectivity index (χ1n) is 6.42. The Morgan fingerprint density at radius 3 is 2.32 bits per heavy atom. The highest BCUT2D eigenvalue weighted by atomic mass is 32.1. The second kappa shape index (κ2) is 6.40. The Kier molecular flexibility index (Phi) is 4.57. The summed E-state index contributed by atoms with van der Waals surface area (Å²) in [7, 11) is 3.27. The molecule has 1 aromatic heterocycles. The minimum Gasteiger partial charge on any atom is -0.504 e. The number of nitrogen functional groups attached to an aromatic ring is 1. The summed E-state index contributed by atoms with van der Waals surface area (Å²) in [5.74, 6) is -0.0609. The number of nitrogens with zero attached hydrogens (tertiary/aromatic N) is 2. The molecule has 5 N–H and O–H groups in total. The average molecular weight is 316 g/mol. The molecule has 7 heteroatoms. The van der Waals surface area contributed by atoms with Gasteiger partial charge in [-0.25, -0.2) is 0 Å². The molecule has 0 atom stereocenters. The van der Waals surface area contributed by atoms with Gasteiger partial charge in [-0.15, -0.1) is 0 Å². The van der Waals surface area contributed by atoms with Gasteiger partial charge in [0.05, 0.1) is 0 Å². The third-order valence-electron chi connectivity index (χ3n) is 3.10. The van der Waals surface area contributed by atoms with E-state index in [0.29, 0.717) is 32.7 Å². The average Bonchev–Trinajstić information content (AvgIpc) is 2.47. The van der Waals surface area contributed by atoms with Crippen LogP contribution < -0.4 is 5.73 Å². The SMILES string of the molecule is CN=Cc1c(N)[nH]c(=S)c(C=NC)c1-c1ccc(O)c(O)c1. The molecule has 2 aromatic rings. The van der Waals surface area contributed by atoms with E-state index in [1.165, 1.54) is 12.1 Å². The lowest BCUT2D eigenvalue weighted by molar-refractivity contribution is 0.404. The van der Waals surface area contributed by atoms with Gasteiger partial charge >= 0.3 is 0 Å². The number of pyridine rings is 1. The van der Waals surface area contributed by atoms with Gasteiger partial charge in [-0.1, -0.05) is 18.3 Å². The molecule has 114 valence electrons. The standard InChI is InChI=1S/C15H16N4O2S/c1-17-6-9-13(8-3-4-11(20)12(21)5-8)10(7-18-2)15(22)19-14(9)16/h3-7,20-21H,1-2H3,(H3,16,19,22). The summed E-state index contributed by atoms with van der Waals surface area (Å²) < 4.78 is 0.430. The quantitative estimate of drug-likeness (QED) is 0.396. The lowest BCUT2D eigenvalue weighted by Crippen LogP contribution is -2.05. The molecule has 2 rings (SSSR count). The van der Waals surface area contributed by atoms with Gasteiger partial charge in [0.1, 0.15) is 10.5 Å². The largest absolute Gasteiger partial charge is 0.504 e. The predicted molar refractivity (Wildman–Crippen MR) is 91.8 cm³/mol. The highest BCUT2D eigenvalue weighted by molar-refractivity contribution is 7.71. The van der Waals surface area contributed by atoms with Crippen molar-refractivity contribution in [3.63, 3.8) is 0 Å². The number of H-pyrrole nitrogens is 1. The lowest BCUT2D eigenvalue weighted by Gasteiger charge is -2.13. The van der Waals surface area contributed by atoms with Crippen molar-refractivity contribution < 1.29 is 10.2 Å². The zero-order chi connectivity index (χ0) is 16.3. The van der Waals surface area contributed by atoms with E-state index in [-0.39, 0.29) is 11.5 Å². The summed E-state index contributed by atoms with van der Waals surface area (Å²) in [4.78, 5) is 10.9. The summed E-state index contributed by atoms with van der Waals surface area (Å²) in [6.07, 6.45) is 3.22. The molecule has 22 heavy (non-hydrogen) atoms. The topological polar surface area (TPSA) is 107 Å². The lowest BCUT2D eigenvalue weighted by atomic mass is 9.96. The Bertz CT molecular complexity index is 825. The number of phenols is 2. The normalized spacial score (nSPS) is 11.5. The Labute approximate surface area is 132 Å². The first kappa shape index (κ1) is 15.7. The summed E-state index contributed by atoms with van der Waals surface area (Å²) in [5.41, 5.74) is 8.64. The van der Waals surface area contributed by atoms with E-state index in [1.54, 1.807) is 32.6 Å². The Hall–Kier alpha value is -2.67. The Morgan fingerprint density at radius 1 is 1.09 bits per heavy atom. The minimum atomic E-state index is -0.228. The van der Waals surface area contributed by atoms with Crippen molar-refractivity contribution in [2.45, 2.75) is 0 Å². The number of aromatic hydroxyl groups is 2. The zero-order valence-electron chi connectivity index (χ0n) is 12.2. The second-order valence-corrected chi connectivity index (χ2v) is 4.96. The molecular formula is C15H16N4O2S. The number of nitrogens with two attached hydrogens (primary N) is 1. The van der Waals surface area contributed by atoms with Gasteiger partial charge in [0, 0.05) is 43.2 Å². The number of aromatic nitrogens is 1. The van der Waals surface area contributed by atoms with Crippen LogP contribution in [0.1, 0.15) is 11.1 Å². The molecule has 0 aliphatic heterocycles. The number of benzene rings is 1. The van der Waals surface area contributed by atoms with Crippen LogP contribution in [-0.4, -0.2) is 41.7 Å². The number of phenolic OH excluding ortho intramolecular Hbond substituents is 2. The van der Waals surface area contributed by atoms with E-state index in [1.807, 2.05) is 0 Å². The number of aliphatic imine (C=N–C) groups is 2. The van der Waals surface area contributed by atoms with Gasteiger partial charge < -0.3 is 20.9 Å². The molecule has 0 saturated heterocycles. The third-order valence-corrected chi connectivity index (χ3v) is 3.42. The predicted octanol–water partition coefficient (Wildman–Crippen LogP) is 2.50. The maximum Gasteiger partial charge on any atom is 0.158 e. The molecule has 0 fully saturated rings. The molecule has 0 unspecified atom stereocenters. The van der Waals surface area contributed by atoms with E-state index in [2.05, 4.69) is 15.0 Å². The first-order chi connectivity index (χ1) is 10.5. The number of anilines is 1. The van der Waals surface area contributed by atoms with E-state index in [0.717, 1.165) is 0 Å². The number of nitrogens with one attached hydrogen (secondary N) is 1. The van der Waals surface area contributed by atoms with Crippen molar-refractivity contribution in [3.05, 3.63) is 34.0 Å². The molecule has 0 spiro atoms. The van der Waals surface area contributed by atoms with Crippen LogP contribution in [0.25, 0.3) is 11.1 Å². The van der Waals surface area contributed by atoms with E-state index in [4.69, 9.17) is 18.0 Å². The molecule has 0 amide bonds. The molecule has 0 saturated carbocycles. The zero-order valence-corrected chi connectivity index (χ0v) is 13.0. The van der Waals surface area contributed by atoms with Crippen molar-refractivity contribution in [3.8, 4) is 22.6 Å². The molecule has 6 nitrogen and oxygen atoms in total. The van der Waals surface area contributed by atoms with E-state index in [9.17, 15) is 10.2 Å². The summed E-state index contributed by atoms with van der Waals surface area (Å²) in [6.45, 7) is 0. The molecule has 1 aromatic carbocycles. The minimum absolute atomic E-state index is 0.200. The first-order valence-corrected chi connectivity index (χ1v) is 6.82. The molecule has 0 aliphatic carbocycles. The highest BCUT2D eigenvalue weighted by Gasteiger charge is 2.15. The van der Waals surface area contributed by atoms with Crippen LogP contribution in [0.4, 0.5) is 5.82 Å². The van der Waals surface area contributed by atoms with Crippen LogP contribution in [0.3, 0.4) is 0 Å². The maximum absolute atomic E-state index is 9.76. The van der Waals surface area contributed by atoms with Gasteiger partial charge in [-0.3, -0.25) is 9.98 Å². The van der Waals surface area contributed by atoms with Crippen molar-refractivity contribution in [1.82, 2.24) is 4.98 Å². The fraction of sp³-hybridized carbons (Fsp3) is 0.133. The van der Waals surface area contributed by atoms with Crippen LogP contribution in [0, 0.1) is 4.64 Å². The van der Waals surface area contributed by atoms with Crippen LogP contribution in [0.15, 0.2) is 28.2 Å². The molecule has 0 aliphatic rings. The van der Waals surface area contributed by atoms with Gasteiger partial charge in [-0.05, 0) is 17.7 Å². The van der Waals surface area contributed by atoms with E-state index < -0.39 is 0 Å². The van der Waals surface area contributed by atoms with Crippen LogP contribution in [0.5, 0.6) is 11.5 Å². The van der Waals surface area contributed by atoms with Gasteiger partial charge in [0.15, 0.2) is 11.5 Å². The van der Waals surface area contributed by atoms with Crippen molar-refractivity contribution in [2.75, 3.05) is 19.8 Å². The summed E-state index contributed by atoms with van der Waals surface area (Å²) >= 11 is 5.31. The molecule has 1 heterocycles. The smallest absolute Gasteiger partial charge is 0.158 e. The summed E-state index contributed by atoms with van der Waals surface area (Å²) in [5, 5.41) is 19.3. The van der Waals surface area contributed by atoms with Crippen LogP contribution in [0.2, 0.25) is 0 Å². The summed E-state index contributed by atoms with van der Waals surface area (Å²) in [6, 6.07) is 4.51. The molecule has 0 bridgehead atoms. The number of aromatic amines is 1. The second-order valence-electron chi connectivity index (χ2n) is 4.55. The van der Waals surface area contributed by atoms with Crippen molar-refractivity contribution >= 4 is 30.5 Å². The van der Waals surface area contributed by atoms with Crippen molar-refractivity contribution in [1.29, 1.82) is 0 Å². The van der Waals surface area contributed by atoms with E-state index >= 15 is 0 Å². The van der Waals surface area contributed by atoms with Crippen LogP contribution in [-0.2, 0) is 0 Å². The monoisotopic (exact) mass is 316 g/mol. The number of hydrogen-bond donors (Lipinski definition) is 4. The van der Waals surface area contributed by atoms with Crippen molar-refractivity contribution in [2.24, 2.45) is 9.98 Å². The number of rotatable bonds is 3. The molecular weight excluding hydrogens is 300 g/mol. The number of hydrogen-bond acceptors (Lipinski definition) is 6. The fourth-order valence-corrected chi connectivity index (χ4v) is 2.42. The van der Waals surface area contributed by atoms with Gasteiger partial charge in [0.25, 0.3) is 0 Å². The highest BCUT2D eigenvalue weighted by Crippen LogP contribution is 2.35. The van der Waals surface area contributed by atoms with Gasteiger partial charge in [0.2, 0.25) is 0 Å². The van der Waals surface area contributed by atoms with Crippen LogP contribution >= 0.6 is 12.2 Å². The van der Waals surface area contributed by atoms with Gasteiger partial charge in [-0.2, -0.15) is 0 Å². The Balaban J connectivity index is 2.91. The maximum atomic E-state index is 9.76. The Morgan fingerprint density at radius 2 is 1.73 bits per heavy atom. The molecule has 0 radical (unpaired) electrons. The third kappa shape index (κ3) is 2.84. The fourth-order valence-electron chi connectivity index (χ4n) is 2.16.